The first-order valence-electron chi connectivity index (χ1n) is 10.7. The summed E-state index contributed by atoms with van der Waals surface area (Å²) in [7, 11) is -3.79. The predicted molar refractivity (Wildman–Crippen MR) is 127 cm³/mol. The Hall–Kier alpha value is -2.90. The molecular weight excluding hydrogens is 440 g/mol. The SMILES string of the molecule is O=S(=O)(c1ccccc1)c1nc(-c2cccs2)oc1N1CCC(Cc2ccccc2)CC1. The zero-order valence-corrected chi connectivity index (χ0v) is 19.2. The zero-order chi connectivity index (χ0) is 22.0. The van der Waals surface area contributed by atoms with Crippen LogP contribution in [0.5, 0.6) is 0 Å². The number of sulfone groups is 1. The van der Waals surface area contributed by atoms with Crippen LogP contribution in [-0.4, -0.2) is 26.5 Å². The molecule has 0 atom stereocenters. The molecule has 0 unspecified atom stereocenters. The summed E-state index contributed by atoms with van der Waals surface area (Å²) in [6, 6.07) is 22.8. The fraction of sp³-hybridized carbons (Fsp3) is 0.240. The maximum Gasteiger partial charge on any atom is 0.240 e. The molecule has 0 bridgehead atoms. The molecule has 5 rings (SSSR count). The second-order valence-electron chi connectivity index (χ2n) is 8.04. The molecule has 0 aliphatic carbocycles. The van der Waals surface area contributed by atoms with Crippen molar-refractivity contribution in [2.24, 2.45) is 5.92 Å². The van der Waals surface area contributed by atoms with Crippen molar-refractivity contribution in [3.8, 4) is 10.8 Å². The minimum Gasteiger partial charge on any atom is -0.418 e. The third-order valence-corrected chi connectivity index (χ3v) is 8.41. The van der Waals surface area contributed by atoms with Crippen molar-refractivity contribution in [3.63, 3.8) is 0 Å². The van der Waals surface area contributed by atoms with Crippen LogP contribution in [-0.2, 0) is 16.3 Å². The average molecular weight is 465 g/mol. The van der Waals surface area contributed by atoms with Gasteiger partial charge in [-0.1, -0.05) is 54.6 Å². The Morgan fingerprint density at radius 2 is 1.62 bits per heavy atom. The number of thiophene rings is 1. The van der Waals surface area contributed by atoms with Gasteiger partial charge in [-0.3, -0.25) is 0 Å². The van der Waals surface area contributed by atoms with Crippen LogP contribution in [0.25, 0.3) is 10.8 Å². The highest BCUT2D eigenvalue weighted by atomic mass is 32.2. The van der Waals surface area contributed by atoms with E-state index in [2.05, 4.69) is 29.2 Å². The van der Waals surface area contributed by atoms with E-state index in [1.54, 1.807) is 30.3 Å². The average Bonchev–Trinajstić information content (AvgIpc) is 3.52. The van der Waals surface area contributed by atoms with Crippen LogP contribution in [0.3, 0.4) is 0 Å². The Bertz CT molecular complexity index is 1260. The summed E-state index contributed by atoms with van der Waals surface area (Å²) in [5.74, 6) is 1.29. The lowest BCUT2D eigenvalue weighted by Crippen LogP contribution is -2.34. The van der Waals surface area contributed by atoms with Crippen molar-refractivity contribution in [2.45, 2.75) is 29.2 Å². The minimum atomic E-state index is -3.79. The van der Waals surface area contributed by atoms with Gasteiger partial charge in [0.1, 0.15) is 0 Å². The van der Waals surface area contributed by atoms with E-state index in [1.807, 2.05) is 28.5 Å². The number of aromatic nitrogens is 1. The number of hydrogen-bond donors (Lipinski definition) is 0. The number of piperidine rings is 1. The van der Waals surface area contributed by atoms with Crippen molar-refractivity contribution >= 4 is 27.1 Å². The Morgan fingerprint density at radius 3 is 2.28 bits per heavy atom. The summed E-state index contributed by atoms with van der Waals surface area (Å²) in [6.07, 6.45) is 3.00. The molecule has 32 heavy (non-hydrogen) atoms. The number of hydrogen-bond acceptors (Lipinski definition) is 6. The summed E-state index contributed by atoms with van der Waals surface area (Å²) in [5, 5.41) is 1.94. The Balaban J connectivity index is 1.43. The summed E-state index contributed by atoms with van der Waals surface area (Å²) >= 11 is 1.48. The second kappa shape index (κ2) is 8.92. The van der Waals surface area contributed by atoms with Crippen molar-refractivity contribution in [1.82, 2.24) is 4.98 Å². The van der Waals surface area contributed by atoms with Crippen molar-refractivity contribution < 1.29 is 12.8 Å². The maximum absolute atomic E-state index is 13.4. The molecule has 0 saturated carbocycles. The molecule has 2 aromatic heterocycles. The summed E-state index contributed by atoms with van der Waals surface area (Å²) in [6.45, 7) is 1.49. The molecule has 0 radical (unpaired) electrons. The number of rotatable bonds is 6. The van der Waals surface area contributed by atoms with Gasteiger partial charge in [-0.25, -0.2) is 8.42 Å². The van der Waals surface area contributed by atoms with Crippen LogP contribution < -0.4 is 4.90 Å². The molecule has 164 valence electrons. The first-order valence-corrected chi connectivity index (χ1v) is 13.1. The van der Waals surface area contributed by atoms with E-state index in [-0.39, 0.29) is 9.92 Å². The Kier molecular flexibility index (Phi) is 5.85. The highest BCUT2D eigenvalue weighted by Crippen LogP contribution is 2.37. The largest absolute Gasteiger partial charge is 0.418 e. The molecule has 0 N–H and O–H groups in total. The van der Waals surface area contributed by atoms with Gasteiger partial charge in [0, 0.05) is 13.1 Å². The lowest BCUT2D eigenvalue weighted by Gasteiger charge is -2.32. The predicted octanol–water partition coefficient (Wildman–Crippen LogP) is 5.70. The van der Waals surface area contributed by atoms with E-state index in [0.717, 1.165) is 37.2 Å². The highest BCUT2D eigenvalue weighted by molar-refractivity contribution is 7.91. The third kappa shape index (κ3) is 4.23. The van der Waals surface area contributed by atoms with E-state index in [1.165, 1.54) is 16.9 Å². The van der Waals surface area contributed by atoms with Crippen molar-refractivity contribution in [2.75, 3.05) is 18.0 Å². The molecule has 0 amide bonds. The standard InChI is InChI=1S/C25H24N2O3S2/c28-32(29,21-10-5-2-6-11-21)24-25(30-23(26-24)22-12-7-17-31-22)27-15-13-20(14-16-27)18-19-8-3-1-4-9-19/h1-12,17,20H,13-16,18H2. The topological polar surface area (TPSA) is 63.4 Å². The second-order valence-corrected chi connectivity index (χ2v) is 10.9. The van der Waals surface area contributed by atoms with E-state index in [4.69, 9.17) is 4.42 Å². The van der Waals surface area contributed by atoms with E-state index >= 15 is 0 Å². The molecule has 7 heteroatoms. The van der Waals surface area contributed by atoms with E-state index in [0.29, 0.717) is 17.7 Å². The van der Waals surface area contributed by atoms with Gasteiger partial charge in [0.25, 0.3) is 0 Å². The molecule has 4 aromatic rings. The lowest BCUT2D eigenvalue weighted by molar-refractivity contribution is 0.388. The van der Waals surface area contributed by atoms with Crippen LogP contribution in [0.4, 0.5) is 5.88 Å². The van der Waals surface area contributed by atoms with Crippen LogP contribution in [0.15, 0.2) is 92.5 Å². The molecule has 5 nitrogen and oxygen atoms in total. The van der Waals surface area contributed by atoms with Crippen molar-refractivity contribution in [1.29, 1.82) is 0 Å². The Labute approximate surface area is 192 Å². The zero-order valence-electron chi connectivity index (χ0n) is 17.6. The maximum atomic E-state index is 13.4. The van der Waals surface area contributed by atoms with Gasteiger partial charge in [0.05, 0.1) is 9.77 Å². The summed E-state index contributed by atoms with van der Waals surface area (Å²) in [4.78, 5) is 7.57. The highest BCUT2D eigenvalue weighted by Gasteiger charge is 2.33. The molecule has 1 aliphatic heterocycles. The monoisotopic (exact) mass is 464 g/mol. The summed E-state index contributed by atoms with van der Waals surface area (Å²) < 4.78 is 33.0. The molecule has 1 fully saturated rings. The van der Waals surface area contributed by atoms with Gasteiger partial charge < -0.3 is 9.32 Å². The van der Waals surface area contributed by atoms with Gasteiger partial charge in [-0.2, -0.15) is 4.98 Å². The molecule has 1 aliphatic rings. The number of benzene rings is 2. The third-order valence-electron chi connectivity index (χ3n) is 5.89. The quantitative estimate of drug-likeness (QED) is 0.367. The number of oxazole rings is 1. The van der Waals surface area contributed by atoms with Gasteiger partial charge in [-0.05, 0) is 54.3 Å². The van der Waals surface area contributed by atoms with Crippen LogP contribution in [0.2, 0.25) is 0 Å². The van der Waals surface area contributed by atoms with Gasteiger partial charge >= 0.3 is 0 Å². The first kappa shape index (κ1) is 21.0. The summed E-state index contributed by atoms with van der Waals surface area (Å²) in [5.41, 5.74) is 1.35. The smallest absolute Gasteiger partial charge is 0.240 e. The normalized spacial score (nSPS) is 15.2. The van der Waals surface area contributed by atoms with Crippen LogP contribution >= 0.6 is 11.3 Å². The van der Waals surface area contributed by atoms with Crippen LogP contribution in [0.1, 0.15) is 18.4 Å². The fourth-order valence-electron chi connectivity index (χ4n) is 4.18. The lowest BCUT2D eigenvalue weighted by atomic mass is 9.90. The molecule has 2 aromatic carbocycles. The van der Waals surface area contributed by atoms with Crippen molar-refractivity contribution in [3.05, 3.63) is 83.7 Å². The fourth-order valence-corrected chi connectivity index (χ4v) is 6.17. The van der Waals surface area contributed by atoms with E-state index < -0.39 is 9.84 Å². The van der Waals surface area contributed by atoms with Gasteiger partial charge in [0.15, 0.2) is 0 Å². The molecule has 0 spiro atoms. The molecular formula is C25H24N2O3S2. The first-order chi connectivity index (χ1) is 15.6. The number of nitrogens with zero attached hydrogens (tertiary/aromatic N) is 2. The van der Waals surface area contributed by atoms with Crippen LogP contribution in [0, 0.1) is 5.92 Å². The van der Waals surface area contributed by atoms with Gasteiger partial charge in [0.2, 0.25) is 26.6 Å². The molecule has 3 heterocycles. The Morgan fingerprint density at radius 1 is 0.938 bits per heavy atom. The van der Waals surface area contributed by atoms with Gasteiger partial charge in [-0.15, -0.1) is 11.3 Å². The molecule has 1 saturated heterocycles. The van der Waals surface area contributed by atoms with E-state index in [9.17, 15) is 8.42 Å². The number of anilines is 1. The minimum absolute atomic E-state index is 0.00797.